The molecule has 1 N–H and O–H groups in total. The molecule has 0 spiro atoms. The number of hydrogen-bond acceptors (Lipinski definition) is 3. The summed E-state index contributed by atoms with van der Waals surface area (Å²) in [5.41, 5.74) is 1.36. The van der Waals surface area contributed by atoms with E-state index >= 15 is 0 Å². The van der Waals surface area contributed by atoms with Gasteiger partial charge in [-0.1, -0.05) is 19.4 Å². The number of nitrogens with zero attached hydrogens (tertiary/aromatic N) is 1. The minimum atomic E-state index is -0.0113. The molecule has 0 aromatic carbocycles. The lowest BCUT2D eigenvalue weighted by molar-refractivity contribution is 0.0747. The van der Waals surface area contributed by atoms with Gasteiger partial charge in [0.15, 0.2) is 0 Å². The van der Waals surface area contributed by atoms with Crippen LogP contribution < -0.4 is 0 Å². The first-order chi connectivity index (χ1) is 9.69. The topological polar surface area (TPSA) is 40.5 Å². The van der Waals surface area contributed by atoms with Crippen LogP contribution in [-0.4, -0.2) is 35.6 Å². The van der Waals surface area contributed by atoms with Gasteiger partial charge in [0.2, 0.25) is 0 Å². The van der Waals surface area contributed by atoms with Crippen molar-refractivity contribution in [1.29, 1.82) is 0 Å². The lowest BCUT2D eigenvalue weighted by Crippen LogP contribution is -2.33. The molecule has 1 aromatic rings. The van der Waals surface area contributed by atoms with Gasteiger partial charge >= 0.3 is 0 Å². The average molecular weight is 293 g/mol. The SMILES string of the molecule is C=CCN(CCO)C(=O)c1cc2c(s1)CCC(CC)C2. The third-order valence-electron chi connectivity index (χ3n) is 3.98. The molecular weight excluding hydrogens is 270 g/mol. The Balaban J connectivity index is 2.15. The van der Waals surface area contributed by atoms with Crippen LogP contribution in [0, 0.1) is 5.92 Å². The number of rotatable bonds is 6. The number of thiophene rings is 1. The largest absolute Gasteiger partial charge is 0.395 e. The zero-order chi connectivity index (χ0) is 14.5. The molecule has 1 amide bonds. The number of aryl methyl sites for hydroxylation is 1. The minimum Gasteiger partial charge on any atom is -0.395 e. The van der Waals surface area contributed by atoms with E-state index in [-0.39, 0.29) is 12.5 Å². The molecule has 1 aliphatic rings. The standard InChI is InChI=1S/C16H23NO2S/c1-3-7-17(8-9-18)16(19)15-11-13-10-12(4-2)5-6-14(13)20-15/h3,11-12,18H,1,4-10H2,2H3. The fourth-order valence-corrected chi connectivity index (χ4v) is 3.94. The fourth-order valence-electron chi connectivity index (χ4n) is 2.76. The second-order valence-electron chi connectivity index (χ2n) is 5.34. The summed E-state index contributed by atoms with van der Waals surface area (Å²) < 4.78 is 0. The van der Waals surface area contributed by atoms with Crippen molar-refractivity contribution in [2.45, 2.75) is 32.6 Å². The second-order valence-corrected chi connectivity index (χ2v) is 6.48. The van der Waals surface area contributed by atoms with Gasteiger partial charge in [0.05, 0.1) is 11.5 Å². The van der Waals surface area contributed by atoms with Crippen LogP contribution in [0.3, 0.4) is 0 Å². The molecule has 0 radical (unpaired) electrons. The first kappa shape index (κ1) is 15.3. The highest BCUT2D eigenvalue weighted by atomic mass is 32.1. The van der Waals surface area contributed by atoms with E-state index < -0.39 is 0 Å². The van der Waals surface area contributed by atoms with Gasteiger partial charge in [-0.15, -0.1) is 17.9 Å². The molecule has 0 saturated heterocycles. The summed E-state index contributed by atoms with van der Waals surface area (Å²) in [4.78, 5) is 16.3. The molecule has 4 heteroatoms. The first-order valence-electron chi connectivity index (χ1n) is 7.32. The van der Waals surface area contributed by atoms with E-state index in [2.05, 4.69) is 19.6 Å². The van der Waals surface area contributed by atoms with E-state index in [4.69, 9.17) is 5.11 Å². The summed E-state index contributed by atoms with van der Waals surface area (Å²) in [6.07, 6.45) is 6.37. The Morgan fingerprint density at radius 3 is 3.10 bits per heavy atom. The van der Waals surface area contributed by atoms with E-state index in [1.54, 1.807) is 22.3 Å². The number of aliphatic hydroxyl groups excluding tert-OH is 1. The number of aliphatic hydroxyl groups is 1. The molecule has 0 saturated carbocycles. The lowest BCUT2D eigenvalue weighted by Gasteiger charge is -2.19. The number of fused-ring (bicyclic) bond motifs is 1. The molecule has 0 aliphatic heterocycles. The zero-order valence-electron chi connectivity index (χ0n) is 12.1. The number of carbonyl (C=O) groups excluding carboxylic acids is 1. The molecule has 110 valence electrons. The van der Waals surface area contributed by atoms with E-state index in [1.165, 1.54) is 23.3 Å². The highest BCUT2D eigenvalue weighted by Gasteiger charge is 2.23. The normalized spacial score (nSPS) is 17.6. The summed E-state index contributed by atoms with van der Waals surface area (Å²) in [7, 11) is 0. The van der Waals surface area contributed by atoms with Gasteiger partial charge in [-0.3, -0.25) is 4.79 Å². The Morgan fingerprint density at radius 1 is 1.65 bits per heavy atom. The van der Waals surface area contributed by atoms with Crippen LogP contribution in [0.4, 0.5) is 0 Å². The van der Waals surface area contributed by atoms with Gasteiger partial charge in [-0.2, -0.15) is 0 Å². The van der Waals surface area contributed by atoms with Crippen molar-refractivity contribution in [2.75, 3.05) is 19.7 Å². The molecule has 1 aliphatic carbocycles. The van der Waals surface area contributed by atoms with Crippen molar-refractivity contribution >= 4 is 17.2 Å². The predicted molar refractivity (Wildman–Crippen MR) is 83.3 cm³/mol. The Morgan fingerprint density at radius 2 is 2.45 bits per heavy atom. The van der Waals surface area contributed by atoms with E-state index in [9.17, 15) is 4.79 Å². The molecule has 0 fully saturated rings. The van der Waals surface area contributed by atoms with Crippen LogP contribution in [0.5, 0.6) is 0 Å². The molecule has 20 heavy (non-hydrogen) atoms. The van der Waals surface area contributed by atoms with Crippen molar-refractivity contribution in [1.82, 2.24) is 4.90 Å². The van der Waals surface area contributed by atoms with Crippen LogP contribution in [0.1, 0.15) is 39.9 Å². The molecule has 1 aromatic heterocycles. The molecule has 0 bridgehead atoms. The Kier molecular flexibility index (Phi) is 5.38. The monoisotopic (exact) mass is 293 g/mol. The van der Waals surface area contributed by atoms with Gasteiger partial charge in [0, 0.05) is 18.0 Å². The van der Waals surface area contributed by atoms with Crippen molar-refractivity contribution < 1.29 is 9.90 Å². The number of hydrogen-bond donors (Lipinski definition) is 1. The van der Waals surface area contributed by atoms with Crippen LogP contribution in [0.2, 0.25) is 0 Å². The van der Waals surface area contributed by atoms with Crippen LogP contribution in [0.15, 0.2) is 18.7 Å². The van der Waals surface area contributed by atoms with Crippen LogP contribution in [0.25, 0.3) is 0 Å². The second kappa shape index (κ2) is 7.04. The van der Waals surface area contributed by atoms with Gasteiger partial charge < -0.3 is 10.0 Å². The summed E-state index contributed by atoms with van der Waals surface area (Å²) in [6, 6.07) is 2.07. The average Bonchev–Trinajstić information content (AvgIpc) is 2.89. The Hall–Kier alpha value is -1.13. The van der Waals surface area contributed by atoms with Crippen molar-refractivity contribution in [3.05, 3.63) is 34.0 Å². The third-order valence-corrected chi connectivity index (χ3v) is 5.20. The van der Waals surface area contributed by atoms with Crippen LogP contribution >= 0.6 is 11.3 Å². The Bertz CT molecular complexity index is 481. The molecule has 1 atom stereocenters. The van der Waals surface area contributed by atoms with Crippen molar-refractivity contribution in [3.63, 3.8) is 0 Å². The molecule has 1 heterocycles. The predicted octanol–water partition coefficient (Wildman–Crippen LogP) is 2.88. The van der Waals surface area contributed by atoms with Gasteiger partial charge in [0.25, 0.3) is 5.91 Å². The molecular formula is C16H23NO2S. The van der Waals surface area contributed by atoms with E-state index in [0.717, 1.165) is 23.6 Å². The summed E-state index contributed by atoms with van der Waals surface area (Å²) in [5, 5.41) is 9.06. The number of carbonyl (C=O) groups is 1. The Labute approximate surface area is 124 Å². The molecule has 3 nitrogen and oxygen atoms in total. The molecule has 2 rings (SSSR count). The number of amides is 1. The summed E-state index contributed by atoms with van der Waals surface area (Å²) in [6.45, 7) is 6.75. The van der Waals surface area contributed by atoms with E-state index in [1.807, 2.05) is 0 Å². The van der Waals surface area contributed by atoms with Gasteiger partial charge in [0.1, 0.15) is 0 Å². The smallest absolute Gasteiger partial charge is 0.264 e. The maximum absolute atomic E-state index is 12.5. The quantitative estimate of drug-likeness (QED) is 0.819. The van der Waals surface area contributed by atoms with Crippen molar-refractivity contribution in [3.8, 4) is 0 Å². The maximum Gasteiger partial charge on any atom is 0.264 e. The fraction of sp³-hybridized carbons (Fsp3) is 0.562. The van der Waals surface area contributed by atoms with Gasteiger partial charge in [-0.25, -0.2) is 0 Å². The zero-order valence-corrected chi connectivity index (χ0v) is 12.9. The lowest BCUT2D eigenvalue weighted by atomic mass is 9.87. The van der Waals surface area contributed by atoms with Crippen LogP contribution in [-0.2, 0) is 12.8 Å². The van der Waals surface area contributed by atoms with E-state index in [0.29, 0.717) is 13.1 Å². The third kappa shape index (κ3) is 3.30. The minimum absolute atomic E-state index is 0.0113. The highest BCUT2D eigenvalue weighted by Crippen LogP contribution is 2.34. The van der Waals surface area contributed by atoms with Gasteiger partial charge in [-0.05, 0) is 36.8 Å². The summed E-state index contributed by atoms with van der Waals surface area (Å²) >= 11 is 1.63. The maximum atomic E-state index is 12.5. The first-order valence-corrected chi connectivity index (χ1v) is 8.13. The molecule has 1 unspecified atom stereocenters. The summed E-state index contributed by atoms with van der Waals surface area (Å²) in [5.74, 6) is 0.785. The highest BCUT2D eigenvalue weighted by molar-refractivity contribution is 7.14. The van der Waals surface area contributed by atoms with Crippen molar-refractivity contribution in [2.24, 2.45) is 5.92 Å².